The maximum Gasteiger partial charge on any atom is 0.416 e. The van der Waals surface area contributed by atoms with Gasteiger partial charge in [-0.05, 0) is 55.8 Å². The molecule has 0 saturated carbocycles. The average molecular weight is 536 g/mol. The Bertz CT molecular complexity index is 1330. The number of hydrogen-bond acceptors (Lipinski definition) is 6. The molecule has 0 saturated heterocycles. The van der Waals surface area contributed by atoms with E-state index in [-0.39, 0.29) is 17.1 Å². The summed E-state index contributed by atoms with van der Waals surface area (Å²) in [5.74, 6) is -2.05. The van der Waals surface area contributed by atoms with Gasteiger partial charge in [-0.1, -0.05) is 48.0 Å². The van der Waals surface area contributed by atoms with Crippen molar-refractivity contribution >= 4 is 22.0 Å². The van der Waals surface area contributed by atoms with Crippen molar-refractivity contribution in [3.8, 4) is 0 Å². The summed E-state index contributed by atoms with van der Waals surface area (Å²) in [6.07, 6.45) is -5.96. The van der Waals surface area contributed by atoms with Gasteiger partial charge in [0, 0.05) is 0 Å². The van der Waals surface area contributed by atoms with E-state index < -0.39 is 45.8 Å². The summed E-state index contributed by atoms with van der Waals surface area (Å²) in [5.41, 5.74) is 0.296. The molecule has 0 bridgehead atoms. The minimum absolute atomic E-state index is 0.125. The first-order chi connectivity index (χ1) is 17.4. The van der Waals surface area contributed by atoms with Gasteiger partial charge in [0.2, 0.25) is 10.0 Å². The molecule has 3 aromatic rings. The minimum Gasteiger partial charge on any atom is -0.460 e. The van der Waals surface area contributed by atoms with Crippen molar-refractivity contribution in [1.82, 2.24) is 4.72 Å². The lowest BCUT2D eigenvalue weighted by Crippen LogP contribution is -2.49. The zero-order valence-corrected chi connectivity index (χ0v) is 20.7. The van der Waals surface area contributed by atoms with E-state index in [1.807, 2.05) is 0 Å². The normalized spacial score (nSPS) is 13.4. The third kappa shape index (κ3) is 7.64. The molecular weight excluding hydrogens is 511 g/mol. The summed E-state index contributed by atoms with van der Waals surface area (Å²) < 4.78 is 77.1. The van der Waals surface area contributed by atoms with Crippen molar-refractivity contribution in [3.05, 3.63) is 101 Å². The fourth-order valence-corrected chi connectivity index (χ4v) is 4.46. The average Bonchev–Trinajstić information content (AvgIpc) is 2.86. The monoisotopic (exact) mass is 535 g/mol. The van der Waals surface area contributed by atoms with Crippen molar-refractivity contribution in [2.45, 2.75) is 43.7 Å². The first kappa shape index (κ1) is 27.9. The number of benzene rings is 3. The molecule has 1 N–H and O–H groups in total. The van der Waals surface area contributed by atoms with Crippen LogP contribution in [0.4, 0.5) is 13.2 Å². The van der Waals surface area contributed by atoms with E-state index in [9.17, 15) is 31.2 Å². The Morgan fingerprint density at radius 1 is 0.919 bits per heavy atom. The van der Waals surface area contributed by atoms with Crippen LogP contribution in [0.1, 0.15) is 34.0 Å². The van der Waals surface area contributed by atoms with Gasteiger partial charge in [0.05, 0.1) is 16.0 Å². The summed E-state index contributed by atoms with van der Waals surface area (Å²) in [7, 11) is -4.24. The Labute approximate surface area is 212 Å². The van der Waals surface area contributed by atoms with Crippen LogP contribution in [0.15, 0.2) is 83.8 Å². The molecule has 0 aliphatic rings. The van der Waals surface area contributed by atoms with Gasteiger partial charge in [0.15, 0.2) is 6.04 Å². The Balaban J connectivity index is 1.80. The maximum atomic E-state index is 13.0. The SMILES string of the molecule is Cc1ccc(S(=O)(=O)N[C@H](C(=O)OCc2ccccc2)[C@H](C)OC(=O)c2ccc(C(F)(F)F)cc2)cc1. The molecule has 0 fully saturated rings. The van der Waals surface area contributed by atoms with Gasteiger partial charge in [-0.3, -0.25) is 4.79 Å². The number of ether oxygens (including phenoxy) is 2. The van der Waals surface area contributed by atoms with E-state index in [1.54, 1.807) is 49.4 Å². The van der Waals surface area contributed by atoms with Crippen LogP contribution in [0.5, 0.6) is 0 Å². The highest BCUT2D eigenvalue weighted by Gasteiger charge is 2.35. The third-order valence-corrected chi connectivity index (χ3v) is 6.76. The summed E-state index contributed by atoms with van der Waals surface area (Å²) in [5, 5.41) is 0. The molecule has 3 aromatic carbocycles. The first-order valence-corrected chi connectivity index (χ1v) is 12.5. The standard InChI is InChI=1S/C26H24F3NO6S/c1-17-8-14-22(15-9-17)37(33,34)30-23(25(32)35-16-19-6-4-3-5-7-19)18(2)36-24(31)20-10-12-21(13-11-20)26(27,28)29/h3-15,18,23,30H,16H2,1-2H3/t18-,23-/m0/s1. The van der Waals surface area contributed by atoms with E-state index in [4.69, 9.17) is 9.47 Å². The third-order valence-electron chi connectivity index (χ3n) is 5.30. The van der Waals surface area contributed by atoms with E-state index in [0.717, 1.165) is 17.7 Å². The zero-order chi connectivity index (χ0) is 27.2. The largest absolute Gasteiger partial charge is 0.460 e. The molecule has 3 rings (SSSR count). The molecule has 0 heterocycles. The van der Waals surface area contributed by atoms with Crippen LogP contribution in [0.2, 0.25) is 0 Å². The fraction of sp³-hybridized carbons (Fsp3) is 0.231. The lowest BCUT2D eigenvalue weighted by atomic mass is 10.1. The van der Waals surface area contributed by atoms with Gasteiger partial charge < -0.3 is 9.47 Å². The van der Waals surface area contributed by atoms with Crippen LogP contribution in [-0.2, 0) is 37.1 Å². The molecule has 0 unspecified atom stereocenters. The number of nitrogens with one attached hydrogen (secondary N) is 1. The highest BCUT2D eigenvalue weighted by molar-refractivity contribution is 7.89. The first-order valence-electron chi connectivity index (χ1n) is 11.0. The van der Waals surface area contributed by atoms with Gasteiger partial charge in [-0.25, -0.2) is 13.2 Å². The quantitative estimate of drug-likeness (QED) is 0.401. The topological polar surface area (TPSA) is 98.8 Å². The van der Waals surface area contributed by atoms with Crippen molar-refractivity contribution in [3.63, 3.8) is 0 Å². The molecule has 0 aromatic heterocycles. The molecule has 2 atom stereocenters. The van der Waals surface area contributed by atoms with Gasteiger partial charge in [0.1, 0.15) is 12.7 Å². The molecule has 0 spiro atoms. The molecular formula is C26H24F3NO6S. The number of hydrogen-bond donors (Lipinski definition) is 1. The number of halogens is 3. The van der Waals surface area contributed by atoms with Crippen LogP contribution in [0, 0.1) is 6.92 Å². The van der Waals surface area contributed by atoms with E-state index >= 15 is 0 Å². The van der Waals surface area contributed by atoms with Crippen molar-refractivity contribution in [2.24, 2.45) is 0 Å². The fourth-order valence-electron chi connectivity index (χ4n) is 3.21. The lowest BCUT2D eigenvalue weighted by molar-refractivity contribution is -0.149. The number of sulfonamides is 1. The smallest absolute Gasteiger partial charge is 0.416 e. The van der Waals surface area contributed by atoms with Gasteiger partial charge in [0.25, 0.3) is 0 Å². The van der Waals surface area contributed by atoms with Crippen LogP contribution >= 0.6 is 0 Å². The predicted molar refractivity (Wildman–Crippen MR) is 128 cm³/mol. The van der Waals surface area contributed by atoms with E-state index in [0.29, 0.717) is 17.7 Å². The Kier molecular flexibility index (Phi) is 8.72. The van der Waals surface area contributed by atoms with Gasteiger partial charge in [-0.2, -0.15) is 17.9 Å². The summed E-state index contributed by atoms with van der Waals surface area (Å²) in [4.78, 5) is 25.4. The Morgan fingerprint density at radius 2 is 1.51 bits per heavy atom. The number of rotatable bonds is 9. The van der Waals surface area contributed by atoms with E-state index in [1.165, 1.54) is 19.1 Å². The second-order valence-corrected chi connectivity index (χ2v) is 9.90. The van der Waals surface area contributed by atoms with Crippen molar-refractivity contribution in [1.29, 1.82) is 0 Å². The van der Waals surface area contributed by atoms with Crippen LogP contribution in [0.25, 0.3) is 0 Å². The Hall–Kier alpha value is -3.70. The zero-order valence-electron chi connectivity index (χ0n) is 19.9. The highest BCUT2D eigenvalue weighted by Crippen LogP contribution is 2.29. The highest BCUT2D eigenvalue weighted by atomic mass is 32.2. The molecule has 11 heteroatoms. The van der Waals surface area contributed by atoms with Crippen LogP contribution < -0.4 is 4.72 Å². The molecule has 0 amide bonds. The minimum atomic E-state index is -4.59. The van der Waals surface area contributed by atoms with Crippen molar-refractivity contribution < 1.29 is 40.7 Å². The van der Waals surface area contributed by atoms with Crippen LogP contribution in [0.3, 0.4) is 0 Å². The molecule has 0 radical (unpaired) electrons. The summed E-state index contributed by atoms with van der Waals surface area (Å²) in [6.45, 7) is 2.88. The van der Waals surface area contributed by atoms with Gasteiger partial charge in [-0.15, -0.1) is 0 Å². The molecule has 7 nitrogen and oxygen atoms in total. The molecule has 37 heavy (non-hydrogen) atoms. The maximum absolute atomic E-state index is 13.0. The van der Waals surface area contributed by atoms with E-state index in [2.05, 4.69) is 4.72 Å². The molecule has 0 aliphatic carbocycles. The van der Waals surface area contributed by atoms with Gasteiger partial charge >= 0.3 is 18.1 Å². The number of esters is 2. The number of carbonyl (C=O) groups excluding carboxylic acids is 2. The molecule has 0 aliphatic heterocycles. The number of alkyl halides is 3. The lowest BCUT2D eigenvalue weighted by Gasteiger charge is -2.24. The van der Waals surface area contributed by atoms with Crippen molar-refractivity contribution in [2.75, 3.05) is 0 Å². The Morgan fingerprint density at radius 3 is 2.08 bits per heavy atom. The second-order valence-electron chi connectivity index (χ2n) is 8.19. The summed E-state index contributed by atoms with van der Waals surface area (Å²) >= 11 is 0. The number of aryl methyl sites for hydroxylation is 1. The summed E-state index contributed by atoms with van der Waals surface area (Å²) in [6, 6.07) is 16.1. The predicted octanol–water partition coefficient (Wildman–Crippen LogP) is 4.65. The number of carbonyl (C=O) groups is 2. The molecule has 196 valence electrons. The van der Waals surface area contributed by atoms with Crippen LogP contribution in [-0.4, -0.2) is 32.5 Å². The second kappa shape index (κ2) is 11.6.